The van der Waals surface area contributed by atoms with Crippen molar-refractivity contribution in [2.45, 2.75) is 32.2 Å². The van der Waals surface area contributed by atoms with E-state index in [0.717, 1.165) is 30.1 Å². The van der Waals surface area contributed by atoms with E-state index >= 15 is 0 Å². The summed E-state index contributed by atoms with van der Waals surface area (Å²) >= 11 is 1.27. The molecule has 2 heterocycles. The van der Waals surface area contributed by atoms with E-state index in [9.17, 15) is 4.79 Å². The Morgan fingerprint density at radius 2 is 2.40 bits per heavy atom. The molecular formula is C10H14N2O2S. The lowest BCUT2D eigenvalue weighted by molar-refractivity contribution is 0.0699. The van der Waals surface area contributed by atoms with Crippen LogP contribution in [0.2, 0.25) is 0 Å². The Bertz CT molecular complexity index is 369. The number of hydrogen-bond donors (Lipinski definition) is 2. The first-order valence-corrected chi connectivity index (χ1v) is 5.94. The molecule has 1 atom stereocenters. The Kier molecular flexibility index (Phi) is 3.02. The van der Waals surface area contributed by atoms with E-state index in [1.165, 1.54) is 17.8 Å². The maximum atomic E-state index is 11.0. The van der Waals surface area contributed by atoms with Crippen LogP contribution in [0.15, 0.2) is 0 Å². The molecule has 4 nitrogen and oxygen atoms in total. The Morgan fingerprint density at radius 3 is 3.00 bits per heavy atom. The summed E-state index contributed by atoms with van der Waals surface area (Å²) < 4.78 is 0. The normalized spacial score (nSPS) is 21.5. The molecule has 2 rings (SSSR count). The van der Waals surface area contributed by atoms with Gasteiger partial charge in [-0.1, -0.05) is 6.42 Å². The highest BCUT2D eigenvalue weighted by Gasteiger charge is 2.24. The summed E-state index contributed by atoms with van der Waals surface area (Å²) in [4.78, 5) is 15.7. The number of nitrogens with one attached hydrogen (secondary N) is 1. The first kappa shape index (κ1) is 10.6. The molecule has 1 aliphatic heterocycles. The monoisotopic (exact) mass is 226 g/mol. The minimum absolute atomic E-state index is 0.134. The maximum absolute atomic E-state index is 11.0. The number of carboxylic acids is 1. The zero-order chi connectivity index (χ0) is 10.8. The Hall–Kier alpha value is -0.940. The number of thiazole rings is 1. The van der Waals surface area contributed by atoms with Crippen LogP contribution in [0.3, 0.4) is 0 Å². The van der Waals surface area contributed by atoms with Crippen LogP contribution >= 0.6 is 11.3 Å². The van der Waals surface area contributed by atoms with Crippen molar-refractivity contribution in [2.75, 3.05) is 6.54 Å². The molecule has 0 aliphatic carbocycles. The summed E-state index contributed by atoms with van der Waals surface area (Å²) in [5.41, 5.74) is 0.727. The van der Waals surface area contributed by atoms with Crippen molar-refractivity contribution in [3.8, 4) is 0 Å². The fraction of sp³-hybridized carbons (Fsp3) is 0.600. The van der Waals surface area contributed by atoms with Gasteiger partial charge in [0.15, 0.2) is 0 Å². The number of aromatic carboxylic acids is 1. The highest BCUT2D eigenvalue weighted by Crippen LogP contribution is 2.28. The standard InChI is InChI=1S/C10H14N2O2S/c1-6-12-8(9(15-6)10(13)14)7-4-2-3-5-11-7/h7,11H,2-5H2,1H3,(H,13,14). The molecule has 0 radical (unpaired) electrons. The fourth-order valence-electron chi connectivity index (χ4n) is 1.92. The molecule has 0 saturated carbocycles. The van der Waals surface area contributed by atoms with Crippen molar-refractivity contribution >= 4 is 17.3 Å². The van der Waals surface area contributed by atoms with Gasteiger partial charge >= 0.3 is 5.97 Å². The van der Waals surface area contributed by atoms with Crippen LogP contribution in [0.25, 0.3) is 0 Å². The molecule has 1 fully saturated rings. The summed E-state index contributed by atoms with van der Waals surface area (Å²) in [6.45, 7) is 2.81. The number of rotatable bonds is 2. The molecule has 0 bridgehead atoms. The lowest BCUT2D eigenvalue weighted by Crippen LogP contribution is -2.28. The molecule has 1 saturated heterocycles. The molecule has 15 heavy (non-hydrogen) atoms. The topological polar surface area (TPSA) is 62.2 Å². The van der Waals surface area contributed by atoms with Crippen LogP contribution in [0.5, 0.6) is 0 Å². The average molecular weight is 226 g/mol. The molecule has 0 aromatic carbocycles. The van der Waals surface area contributed by atoms with Crippen LogP contribution in [0, 0.1) is 6.92 Å². The summed E-state index contributed by atoms with van der Waals surface area (Å²) in [5.74, 6) is -0.858. The van der Waals surface area contributed by atoms with E-state index in [1.807, 2.05) is 6.92 Å². The van der Waals surface area contributed by atoms with Crippen LogP contribution in [-0.4, -0.2) is 22.6 Å². The van der Waals surface area contributed by atoms with E-state index in [2.05, 4.69) is 10.3 Å². The summed E-state index contributed by atoms with van der Waals surface area (Å²) in [6.07, 6.45) is 3.30. The van der Waals surface area contributed by atoms with E-state index < -0.39 is 5.97 Å². The van der Waals surface area contributed by atoms with Gasteiger partial charge < -0.3 is 10.4 Å². The third-order valence-corrected chi connectivity index (χ3v) is 3.57. The Labute approximate surface area is 92.3 Å². The molecule has 1 aromatic rings. The first-order valence-electron chi connectivity index (χ1n) is 5.12. The molecule has 5 heteroatoms. The van der Waals surface area contributed by atoms with Crippen molar-refractivity contribution < 1.29 is 9.90 Å². The summed E-state index contributed by atoms with van der Waals surface area (Å²) in [6, 6.07) is 0.134. The maximum Gasteiger partial charge on any atom is 0.347 e. The molecule has 1 aromatic heterocycles. The second-order valence-corrected chi connectivity index (χ2v) is 4.96. The number of aromatic nitrogens is 1. The number of carbonyl (C=O) groups is 1. The molecule has 1 unspecified atom stereocenters. The molecule has 82 valence electrons. The van der Waals surface area contributed by atoms with Crippen molar-refractivity contribution in [2.24, 2.45) is 0 Å². The van der Waals surface area contributed by atoms with Gasteiger partial charge in [0.1, 0.15) is 4.88 Å². The van der Waals surface area contributed by atoms with Crippen molar-refractivity contribution in [1.29, 1.82) is 0 Å². The van der Waals surface area contributed by atoms with Gasteiger partial charge in [0.25, 0.3) is 0 Å². The third kappa shape index (κ3) is 2.18. The van der Waals surface area contributed by atoms with Gasteiger partial charge in [-0.2, -0.15) is 0 Å². The van der Waals surface area contributed by atoms with Gasteiger partial charge in [-0.05, 0) is 26.3 Å². The summed E-state index contributed by atoms with van der Waals surface area (Å²) in [5, 5.41) is 13.2. The van der Waals surface area contributed by atoms with Crippen molar-refractivity contribution in [3.05, 3.63) is 15.6 Å². The minimum atomic E-state index is -0.858. The predicted octanol–water partition coefficient (Wildman–Crippen LogP) is 1.96. The van der Waals surface area contributed by atoms with Crippen LogP contribution in [0.4, 0.5) is 0 Å². The predicted molar refractivity (Wildman–Crippen MR) is 58.4 cm³/mol. The lowest BCUT2D eigenvalue weighted by Gasteiger charge is -2.22. The highest BCUT2D eigenvalue weighted by atomic mass is 32.1. The fourth-order valence-corrected chi connectivity index (χ4v) is 2.74. The number of carboxylic acid groups (broad SMARTS) is 1. The van der Waals surface area contributed by atoms with Gasteiger partial charge in [0, 0.05) is 0 Å². The van der Waals surface area contributed by atoms with Gasteiger partial charge in [0.05, 0.1) is 16.7 Å². The molecule has 0 amide bonds. The summed E-state index contributed by atoms with van der Waals surface area (Å²) in [7, 11) is 0. The van der Waals surface area contributed by atoms with Crippen molar-refractivity contribution in [3.63, 3.8) is 0 Å². The highest BCUT2D eigenvalue weighted by molar-refractivity contribution is 7.13. The number of hydrogen-bond acceptors (Lipinski definition) is 4. The zero-order valence-electron chi connectivity index (χ0n) is 8.62. The quantitative estimate of drug-likeness (QED) is 0.809. The molecule has 1 aliphatic rings. The van der Waals surface area contributed by atoms with E-state index in [1.54, 1.807) is 0 Å². The van der Waals surface area contributed by atoms with Crippen LogP contribution < -0.4 is 5.32 Å². The third-order valence-electron chi connectivity index (χ3n) is 2.59. The van der Waals surface area contributed by atoms with E-state index in [-0.39, 0.29) is 6.04 Å². The average Bonchev–Trinajstić information content (AvgIpc) is 2.62. The molecule has 2 N–H and O–H groups in total. The van der Waals surface area contributed by atoms with Gasteiger partial charge in [0.2, 0.25) is 0 Å². The second-order valence-electron chi connectivity index (χ2n) is 3.75. The minimum Gasteiger partial charge on any atom is -0.477 e. The van der Waals surface area contributed by atoms with Crippen LogP contribution in [0.1, 0.15) is 45.7 Å². The lowest BCUT2D eigenvalue weighted by atomic mass is 10.0. The number of aryl methyl sites for hydroxylation is 1. The molecular weight excluding hydrogens is 212 g/mol. The number of nitrogens with zero attached hydrogens (tertiary/aromatic N) is 1. The second kappa shape index (κ2) is 4.28. The van der Waals surface area contributed by atoms with Gasteiger partial charge in [-0.3, -0.25) is 0 Å². The Morgan fingerprint density at radius 1 is 1.60 bits per heavy atom. The van der Waals surface area contributed by atoms with Crippen molar-refractivity contribution in [1.82, 2.24) is 10.3 Å². The van der Waals surface area contributed by atoms with Gasteiger partial charge in [-0.15, -0.1) is 11.3 Å². The van der Waals surface area contributed by atoms with Gasteiger partial charge in [-0.25, -0.2) is 9.78 Å². The Balaban J connectivity index is 2.28. The smallest absolute Gasteiger partial charge is 0.347 e. The number of piperidine rings is 1. The SMILES string of the molecule is Cc1nc(C2CCCCN2)c(C(=O)O)s1. The zero-order valence-corrected chi connectivity index (χ0v) is 9.43. The van der Waals surface area contributed by atoms with E-state index in [4.69, 9.17) is 5.11 Å². The van der Waals surface area contributed by atoms with Crippen LogP contribution in [-0.2, 0) is 0 Å². The van der Waals surface area contributed by atoms with E-state index in [0.29, 0.717) is 4.88 Å². The first-order chi connectivity index (χ1) is 7.18. The largest absolute Gasteiger partial charge is 0.477 e. The molecule has 0 spiro atoms.